The smallest absolute Gasteiger partial charge is 0.125 e. The molecule has 0 aliphatic carbocycles. The Morgan fingerprint density at radius 3 is 2.90 bits per heavy atom. The zero-order valence-electron chi connectivity index (χ0n) is 12.1. The number of halogens is 1. The second kappa shape index (κ2) is 5.23. The van der Waals surface area contributed by atoms with Gasteiger partial charge in [-0.3, -0.25) is 4.90 Å². The molecule has 114 valence electrons. The van der Waals surface area contributed by atoms with Gasteiger partial charge in [-0.1, -0.05) is 0 Å². The number of nitrogens with zero attached hydrogens (tertiary/aromatic N) is 1. The van der Waals surface area contributed by atoms with Crippen LogP contribution in [0.4, 0.5) is 4.39 Å². The maximum atomic E-state index is 13.7. The molecule has 2 saturated heterocycles. The molecular weight excluding hydrogens is 271 g/mol. The quantitative estimate of drug-likeness (QED) is 0.854. The van der Waals surface area contributed by atoms with Crippen LogP contribution in [0.15, 0.2) is 18.2 Å². The lowest BCUT2D eigenvalue weighted by atomic mass is 9.85. The third-order valence-corrected chi connectivity index (χ3v) is 4.91. The first-order valence-corrected chi connectivity index (χ1v) is 7.77. The summed E-state index contributed by atoms with van der Waals surface area (Å²) in [5.74, 6) is 0.666. The summed E-state index contributed by atoms with van der Waals surface area (Å²) in [7, 11) is 0. The SMILES string of the molecule is Fc1ccc2c(c1)C(N1CCOCC1)CC1(CCNC1)O2. The summed E-state index contributed by atoms with van der Waals surface area (Å²) in [6, 6.07) is 5.16. The topological polar surface area (TPSA) is 33.7 Å². The Labute approximate surface area is 124 Å². The van der Waals surface area contributed by atoms with Gasteiger partial charge in [0.25, 0.3) is 0 Å². The standard InChI is InChI=1S/C16H21FN2O2/c17-12-1-2-15-13(9-12)14(19-5-7-20-8-6-19)10-16(21-15)3-4-18-11-16/h1-2,9,14,18H,3-8,10-11H2. The Morgan fingerprint density at radius 2 is 2.14 bits per heavy atom. The van der Waals surface area contributed by atoms with Gasteiger partial charge in [0.15, 0.2) is 0 Å². The Kier molecular flexibility index (Phi) is 3.36. The normalized spacial score (nSPS) is 32.9. The second-order valence-electron chi connectivity index (χ2n) is 6.26. The van der Waals surface area contributed by atoms with Crippen molar-refractivity contribution in [1.29, 1.82) is 0 Å². The van der Waals surface area contributed by atoms with Crippen molar-refractivity contribution in [3.05, 3.63) is 29.6 Å². The van der Waals surface area contributed by atoms with E-state index in [1.165, 1.54) is 6.07 Å². The van der Waals surface area contributed by atoms with E-state index in [2.05, 4.69) is 10.2 Å². The molecule has 3 heterocycles. The van der Waals surface area contributed by atoms with Crippen molar-refractivity contribution in [2.75, 3.05) is 39.4 Å². The number of ether oxygens (including phenoxy) is 2. The van der Waals surface area contributed by atoms with Gasteiger partial charge in [0.2, 0.25) is 0 Å². The van der Waals surface area contributed by atoms with Gasteiger partial charge < -0.3 is 14.8 Å². The molecule has 1 N–H and O–H groups in total. The van der Waals surface area contributed by atoms with Crippen LogP contribution in [-0.2, 0) is 4.74 Å². The number of rotatable bonds is 1. The van der Waals surface area contributed by atoms with Gasteiger partial charge in [-0.05, 0) is 24.7 Å². The minimum absolute atomic E-state index is 0.131. The summed E-state index contributed by atoms with van der Waals surface area (Å²) in [5.41, 5.74) is 0.864. The van der Waals surface area contributed by atoms with Crippen molar-refractivity contribution in [3.8, 4) is 5.75 Å². The van der Waals surface area contributed by atoms with Gasteiger partial charge in [-0.25, -0.2) is 4.39 Å². The highest BCUT2D eigenvalue weighted by molar-refractivity contribution is 5.40. The van der Waals surface area contributed by atoms with Crippen LogP contribution in [0, 0.1) is 5.82 Å². The molecule has 0 radical (unpaired) electrons. The predicted octanol–water partition coefficient (Wildman–Crippen LogP) is 1.71. The fourth-order valence-electron chi connectivity index (χ4n) is 3.81. The van der Waals surface area contributed by atoms with Gasteiger partial charge in [0.05, 0.1) is 13.2 Å². The number of hydrogen-bond acceptors (Lipinski definition) is 4. The largest absolute Gasteiger partial charge is 0.485 e. The molecule has 21 heavy (non-hydrogen) atoms. The maximum absolute atomic E-state index is 13.7. The molecule has 0 bridgehead atoms. The van der Waals surface area contributed by atoms with Crippen molar-refractivity contribution in [3.63, 3.8) is 0 Å². The second-order valence-corrected chi connectivity index (χ2v) is 6.26. The first-order valence-electron chi connectivity index (χ1n) is 7.77. The summed E-state index contributed by atoms with van der Waals surface area (Å²) in [4.78, 5) is 2.42. The van der Waals surface area contributed by atoms with Crippen molar-refractivity contribution in [1.82, 2.24) is 10.2 Å². The van der Waals surface area contributed by atoms with E-state index in [4.69, 9.17) is 9.47 Å². The average Bonchev–Trinajstić information content (AvgIpc) is 2.96. The first-order chi connectivity index (χ1) is 10.3. The van der Waals surface area contributed by atoms with Crippen molar-refractivity contribution < 1.29 is 13.9 Å². The maximum Gasteiger partial charge on any atom is 0.125 e. The van der Waals surface area contributed by atoms with E-state index >= 15 is 0 Å². The van der Waals surface area contributed by atoms with Crippen LogP contribution in [0.25, 0.3) is 0 Å². The molecule has 2 atom stereocenters. The Bertz CT molecular complexity index is 525. The van der Waals surface area contributed by atoms with E-state index in [1.807, 2.05) is 0 Å². The molecule has 1 aromatic rings. The number of benzene rings is 1. The molecular formula is C16H21FN2O2. The van der Waals surface area contributed by atoms with E-state index in [1.54, 1.807) is 12.1 Å². The third kappa shape index (κ3) is 2.43. The van der Waals surface area contributed by atoms with Crippen molar-refractivity contribution in [2.24, 2.45) is 0 Å². The zero-order valence-corrected chi connectivity index (χ0v) is 12.1. The molecule has 4 nitrogen and oxygen atoms in total. The van der Waals surface area contributed by atoms with E-state index in [0.29, 0.717) is 0 Å². The highest BCUT2D eigenvalue weighted by Gasteiger charge is 2.45. The van der Waals surface area contributed by atoms with Gasteiger partial charge >= 0.3 is 0 Å². The minimum atomic E-state index is -0.184. The average molecular weight is 292 g/mol. The number of fused-ring (bicyclic) bond motifs is 1. The minimum Gasteiger partial charge on any atom is -0.485 e. The number of hydrogen-bond donors (Lipinski definition) is 1. The molecule has 0 aromatic heterocycles. The summed E-state index contributed by atoms with van der Waals surface area (Å²) < 4.78 is 25.4. The molecule has 0 amide bonds. The van der Waals surface area contributed by atoms with E-state index < -0.39 is 0 Å². The van der Waals surface area contributed by atoms with Crippen LogP contribution in [0.2, 0.25) is 0 Å². The van der Waals surface area contributed by atoms with Crippen LogP contribution >= 0.6 is 0 Å². The van der Waals surface area contributed by atoms with Gasteiger partial charge in [0.1, 0.15) is 17.2 Å². The molecule has 2 unspecified atom stereocenters. The van der Waals surface area contributed by atoms with E-state index in [-0.39, 0.29) is 17.5 Å². The molecule has 4 rings (SSSR count). The summed E-state index contributed by atoms with van der Waals surface area (Å²) in [6.07, 6.45) is 1.95. The van der Waals surface area contributed by atoms with Crippen molar-refractivity contribution >= 4 is 0 Å². The summed E-state index contributed by atoms with van der Waals surface area (Å²) >= 11 is 0. The molecule has 1 aromatic carbocycles. The number of nitrogens with one attached hydrogen (secondary N) is 1. The van der Waals surface area contributed by atoms with Gasteiger partial charge in [-0.2, -0.15) is 0 Å². The lowest BCUT2D eigenvalue weighted by Crippen LogP contribution is -2.49. The Balaban J connectivity index is 1.71. The highest BCUT2D eigenvalue weighted by atomic mass is 19.1. The molecule has 0 saturated carbocycles. The van der Waals surface area contributed by atoms with Crippen LogP contribution in [0.3, 0.4) is 0 Å². The summed E-state index contributed by atoms with van der Waals surface area (Å²) in [6.45, 7) is 5.20. The molecule has 3 aliphatic rings. The van der Waals surface area contributed by atoms with Crippen LogP contribution in [-0.4, -0.2) is 49.9 Å². The van der Waals surface area contributed by atoms with E-state index in [9.17, 15) is 4.39 Å². The van der Waals surface area contributed by atoms with E-state index in [0.717, 1.165) is 63.5 Å². The molecule has 2 fully saturated rings. The highest BCUT2D eigenvalue weighted by Crippen LogP contribution is 2.45. The monoisotopic (exact) mass is 292 g/mol. The Morgan fingerprint density at radius 1 is 1.29 bits per heavy atom. The first kappa shape index (κ1) is 13.5. The van der Waals surface area contributed by atoms with Crippen LogP contribution in [0.1, 0.15) is 24.4 Å². The predicted molar refractivity (Wildman–Crippen MR) is 77.0 cm³/mol. The fraction of sp³-hybridized carbons (Fsp3) is 0.625. The summed E-state index contributed by atoms with van der Waals surface area (Å²) in [5, 5.41) is 3.41. The van der Waals surface area contributed by atoms with Crippen molar-refractivity contribution in [2.45, 2.75) is 24.5 Å². The lowest BCUT2D eigenvalue weighted by Gasteiger charge is -2.44. The zero-order chi connectivity index (χ0) is 14.3. The molecule has 5 heteroatoms. The lowest BCUT2D eigenvalue weighted by molar-refractivity contribution is -0.0259. The van der Waals surface area contributed by atoms with Gasteiger partial charge in [0, 0.05) is 44.1 Å². The fourth-order valence-corrected chi connectivity index (χ4v) is 3.81. The van der Waals surface area contributed by atoms with Gasteiger partial charge in [-0.15, -0.1) is 0 Å². The molecule has 1 spiro atoms. The van der Waals surface area contributed by atoms with Crippen LogP contribution < -0.4 is 10.1 Å². The Hall–Kier alpha value is -1.17. The third-order valence-electron chi connectivity index (χ3n) is 4.91. The van der Waals surface area contributed by atoms with Crippen LogP contribution in [0.5, 0.6) is 5.75 Å². The molecule has 3 aliphatic heterocycles. The number of morpholine rings is 1.